The normalized spacial score (nSPS) is 16.3. The zero-order valence-corrected chi connectivity index (χ0v) is 19.7. The average Bonchev–Trinajstić information content (AvgIpc) is 3.41. The molecule has 8 nitrogen and oxygen atoms in total. The van der Waals surface area contributed by atoms with Crippen LogP contribution in [0.15, 0.2) is 60.0 Å². The van der Waals surface area contributed by atoms with Gasteiger partial charge in [-0.1, -0.05) is 29.8 Å². The molecule has 10 heteroatoms. The first-order chi connectivity index (χ1) is 14.2. The fourth-order valence-corrected chi connectivity index (χ4v) is 3.66. The molecule has 1 saturated heterocycles. The van der Waals surface area contributed by atoms with E-state index in [1.54, 1.807) is 19.6 Å². The second-order valence-electron chi connectivity index (χ2n) is 6.76. The van der Waals surface area contributed by atoms with Crippen molar-refractivity contribution in [3.8, 4) is 5.69 Å². The van der Waals surface area contributed by atoms with Gasteiger partial charge in [0.2, 0.25) is 0 Å². The Kier molecular flexibility index (Phi) is 7.86. The molecule has 0 spiro atoms. The second-order valence-corrected chi connectivity index (χ2v) is 7.17. The number of pyridine rings is 1. The molecule has 2 N–H and O–H groups in total. The van der Waals surface area contributed by atoms with Crippen LogP contribution in [0.2, 0.25) is 5.02 Å². The van der Waals surface area contributed by atoms with Crippen molar-refractivity contribution in [3.63, 3.8) is 0 Å². The summed E-state index contributed by atoms with van der Waals surface area (Å²) in [6.45, 7) is 2.22. The number of anilines is 1. The predicted octanol–water partition coefficient (Wildman–Crippen LogP) is 2.88. The fraction of sp³-hybridized carbons (Fsp3) is 0.300. The molecule has 30 heavy (non-hydrogen) atoms. The van der Waals surface area contributed by atoms with Crippen molar-refractivity contribution < 1.29 is 0 Å². The van der Waals surface area contributed by atoms with E-state index in [1.165, 1.54) is 0 Å². The van der Waals surface area contributed by atoms with Crippen molar-refractivity contribution in [1.82, 2.24) is 30.4 Å². The number of hydrogen-bond donors (Lipinski definition) is 2. The molecule has 1 atom stereocenters. The van der Waals surface area contributed by atoms with Crippen LogP contribution in [0.3, 0.4) is 0 Å². The Hall–Kier alpha value is -2.40. The van der Waals surface area contributed by atoms with Crippen LogP contribution in [-0.2, 0) is 6.54 Å². The van der Waals surface area contributed by atoms with Gasteiger partial charge in [0.15, 0.2) is 11.8 Å². The van der Waals surface area contributed by atoms with E-state index >= 15 is 0 Å². The van der Waals surface area contributed by atoms with E-state index in [0.717, 1.165) is 42.8 Å². The average molecular weight is 539 g/mol. The number of para-hydroxylation sites is 1. The lowest BCUT2D eigenvalue weighted by molar-refractivity contribution is 0.643. The molecule has 1 aliphatic rings. The highest BCUT2D eigenvalue weighted by atomic mass is 127. The van der Waals surface area contributed by atoms with Gasteiger partial charge in [0.1, 0.15) is 12.1 Å². The molecule has 0 bridgehead atoms. The molecule has 1 aromatic carbocycles. The van der Waals surface area contributed by atoms with Gasteiger partial charge in [-0.3, -0.25) is 9.56 Å². The van der Waals surface area contributed by atoms with Gasteiger partial charge in [-0.15, -0.1) is 34.2 Å². The van der Waals surface area contributed by atoms with Crippen LogP contribution in [0.1, 0.15) is 12.2 Å². The molecule has 3 aromatic rings. The summed E-state index contributed by atoms with van der Waals surface area (Å²) < 4.78 is 1.96. The Morgan fingerprint density at radius 3 is 2.83 bits per heavy atom. The number of benzene rings is 1. The fourth-order valence-electron chi connectivity index (χ4n) is 3.42. The molecule has 3 heterocycles. The Bertz CT molecular complexity index is 978. The third kappa shape index (κ3) is 5.20. The van der Waals surface area contributed by atoms with Crippen LogP contribution in [0.25, 0.3) is 5.69 Å². The Morgan fingerprint density at radius 2 is 2.07 bits per heavy atom. The molecular formula is C20H24ClIN8. The van der Waals surface area contributed by atoms with Gasteiger partial charge in [-0.05, 0) is 30.7 Å². The molecule has 0 radical (unpaired) electrons. The molecule has 0 saturated carbocycles. The summed E-state index contributed by atoms with van der Waals surface area (Å²) in [7, 11) is 1.76. The van der Waals surface area contributed by atoms with E-state index in [0.29, 0.717) is 11.6 Å². The largest absolute Gasteiger partial charge is 0.353 e. The second kappa shape index (κ2) is 10.6. The zero-order valence-electron chi connectivity index (χ0n) is 16.6. The van der Waals surface area contributed by atoms with Gasteiger partial charge in [0, 0.05) is 38.1 Å². The van der Waals surface area contributed by atoms with Crippen LogP contribution in [-0.4, -0.2) is 51.9 Å². The molecule has 1 unspecified atom stereocenters. The van der Waals surface area contributed by atoms with Crippen molar-refractivity contribution in [1.29, 1.82) is 0 Å². The van der Waals surface area contributed by atoms with Crippen LogP contribution in [0, 0.1) is 0 Å². The highest BCUT2D eigenvalue weighted by molar-refractivity contribution is 14.0. The van der Waals surface area contributed by atoms with E-state index < -0.39 is 0 Å². The van der Waals surface area contributed by atoms with Gasteiger partial charge >= 0.3 is 0 Å². The quantitative estimate of drug-likeness (QED) is 0.295. The lowest BCUT2D eigenvalue weighted by Crippen LogP contribution is -2.44. The molecule has 0 aliphatic carbocycles. The molecule has 0 amide bonds. The van der Waals surface area contributed by atoms with Crippen LogP contribution in [0.5, 0.6) is 0 Å². The van der Waals surface area contributed by atoms with Crippen molar-refractivity contribution in [2.24, 2.45) is 4.99 Å². The maximum absolute atomic E-state index is 6.28. The standard InChI is InChI=1S/C20H23ClN8.HI/c1-22-20(24-12-18-27-25-14-29(18)16-6-3-2-4-7-16)26-15-9-11-28(13-15)19-17(21)8-5-10-23-19;/h2-8,10,14-15H,9,11-13H2,1H3,(H2,22,24,26);1H. The van der Waals surface area contributed by atoms with Crippen LogP contribution in [0.4, 0.5) is 5.82 Å². The number of aliphatic imine (C=N–C) groups is 1. The maximum atomic E-state index is 6.28. The Balaban J connectivity index is 0.00000256. The van der Waals surface area contributed by atoms with Gasteiger partial charge < -0.3 is 15.5 Å². The SMILES string of the molecule is CN=C(NCc1nncn1-c1ccccc1)NC1CCN(c2ncccc2Cl)C1.I. The van der Waals surface area contributed by atoms with Crippen LogP contribution >= 0.6 is 35.6 Å². The summed E-state index contributed by atoms with van der Waals surface area (Å²) in [6, 6.07) is 14.0. The molecule has 4 rings (SSSR count). The number of halogens is 2. The molecule has 1 aliphatic heterocycles. The number of nitrogens with zero attached hydrogens (tertiary/aromatic N) is 6. The maximum Gasteiger partial charge on any atom is 0.191 e. The van der Waals surface area contributed by atoms with E-state index in [1.807, 2.05) is 47.0 Å². The summed E-state index contributed by atoms with van der Waals surface area (Å²) in [4.78, 5) is 10.9. The highest BCUT2D eigenvalue weighted by Crippen LogP contribution is 2.25. The number of hydrogen-bond acceptors (Lipinski definition) is 5. The van der Waals surface area contributed by atoms with Gasteiger partial charge in [0.05, 0.1) is 11.6 Å². The molecule has 158 valence electrons. The molecular weight excluding hydrogens is 515 g/mol. The minimum absolute atomic E-state index is 0. The third-order valence-electron chi connectivity index (χ3n) is 4.86. The number of rotatable bonds is 5. The molecule has 2 aromatic heterocycles. The van der Waals surface area contributed by atoms with E-state index in [-0.39, 0.29) is 30.0 Å². The Labute approximate surface area is 197 Å². The Morgan fingerprint density at radius 1 is 1.23 bits per heavy atom. The monoisotopic (exact) mass is 538 g/mol. The van der Waals surface area contributed by atoms with Crippen molar-refractivity contribution >= 4 is 47.4 Å². The molecule has 1 fully saturated rings. The van der Waals surface area contributed by atoms with Crippen LogP contribution < -0.4 is 15.5 Å². The highest BCUT2D eigenvalue weighted by Gasteiger charge is 2.25. The summed E-state index contributed by atoms with van der Waals surface area (Å²) >= 11 is 6.28. The van der Waals surface area contributed by atoms with E-state index in [2.05, 4.69) is 35.7 Å². The summed E-state index contributed by atoms with van der Waals surface area (Å²) in [6.07, 6.45) is 4.47. The minimum atomic E-state index is 0. The predicted molar refractivity (Wildman–Crippen MR) is 130 cm³/mol. The zero-order chi connectivity index (χ0) is 20.1. The van der Waals surface area contributed by atoms with Gasteiger partial charge in [-0.25, -0.2) is 4.98 Å². The van der Waals surface area contributed by atoms with E-state index in [9.17, 15) is 0 Å². The third-order valence-corrected chi connectivity index (χ3v) is 5.15. The summed E-state index contributed by atoms with van der Waals surface area (Å²) in [5, 5.41) is 15.8. The summed E-state index contributed by atoms with van der Waals surface area (Å²) in [5.41, 5.74) is 1.02. The first-order valence-corrected chi connectivity index (χ1v) is 9.89. The number of nitrogens with one attached hydrogen (secondary N) is 2. The summed E-state index contributed by atoms with van der Waals surface area (Å²) in [5.74, 6) is 2.37. The minimum Gasteiger partial charge on any atom is -0.353 e. The first kappa shape index (κ1) is 22.3. The topological polar surface area (TPSA) is 83.3 Å². The van der Waals surface area contributed by atoms with Crippen molar-refractivity contribution in [3.05, 3.63) is 65.8 Å². The lowest BCUT2D eigenvalue weighted by atomic mass is 10.3. The smallest absolute Gasteiger partial charge is 0.191 e. The van der Waals surface area contributed by atoms with Gasteiger partial charge in [-0.2, -0.15) is 0 Å². The number of guanidine groups is 1. The lowest BCUT2D eigenvalue weighted by Gasteiger charge is -2.20. The first-order valence-electron chi connectivity index (χ1n) is 9.51. The van der Waals surface area contributed by atoms with Gasteiger partial charge in [0.25, 0.3) is 0 Å². The van der Waals surface area contributed by atoms with E-state index in [4.69, 9.17) is 11.6 Å². The van der Waals surface area contributed by atoms with Crippen molar-refractivity contribution in [2.75, 3.05) is 25.0 Å². The van der Waals surface area contributed by atoms with Crippen molar-refractivity contribution in [2.45, 2.75) is 19.0 Å². The number of aromatic nitrogens is 4.